The maximum Gasteiger partial charge on any atom is 0.243 e. The minimum atomic E-state index is -4.05. The molecule has 0 fully saturated rings. The zero-order valence-electron chi connectivity index (χ0n) is 11.7. The largest absolute Gasteiger partial charge is 0.370 e. The van der Waals surface area contributed by atoms with Crippen molar-refractivity contribution in [1.82, 2.24) is 10.0 Å². The molecule has 0 spiro atoms. The van der Waals surface area contributed by atoms with Crippen LogP contribution in [0, 0.1) is 11.6 Å². The first-order valence-corrected chi connectivity index (χ1v) is 7.72. The lowest BCUT2D eigenvalue weighted by Gasteiger charge is -2.09. The molecule has 0 bridgehead atoms. The zero-order valence-corrected chi connectivity index (χ0v) is 12.5. The first-order valence-electron chi connectivity index (χ1n) is 6.23. The van der Waals surface area contributed by atoms with Gasteiger partial charge in [0, 0.05) is 18.7 Å². The second-order valence-corrected chi connectivity index (χ2v) is 6.27. The number of benzene rings is 1. The van der Waals surface area contributed by atoms with Gasteiger partial charge in [0.25, 0.3) is 0 Å². The van der Waals surface area contributed by atoms with Crippen molar-refractivity contribution in [2.45, 2.75) is 24.8 Å². The van der Waals surface area contributed by atoms with Crippen molar-refractivity contribution < 1.29 is 17.2 Å². The summed E-state index contributed by atoms with van der Waals surface area (Å²) in [7, 11) is -4.05. The van der Waals surface area contributed by atoms with E-state index in [4.69, 9.17) is 5.73 Å². The Kier molecular flexibility index (Phi) is 6.03. The Morgan fingerprint density at radius 2 is 2.05 bits per heavy atom. The molecule has 0 aliphatic heterocycles. The SMILES string of the molecule is CC(C)NC(N)=NCCNS(=O)(=O)c1ccc(F)cc1F. The van der Waals surface area contributed by atoms with Crippen molar-refractivity contribution in [1.29, 1.82) is 0 Å². The molecule has 1 aromatic rings. The topological polar surface area (TPSA) is 96.6 Å². The molecule has 1 rings (SSSR count). The van der Waals surface area contributed by atoms with E-state index in [0.29, 0.717) is 6.07 Å². The molecular formula is C12H18F2N4O2S. The van der Waals surface area contributed by atoms with E-state index in [-0.39, 0.29) is 25.1 Å². The highest BCUT2D eigenvalue weighted by Gasteiger charge is 2.18. The number of nitrogens with zero attached hydrogens (tertiary/aromatic N) is 1. The van der Waals surface area contributed by atoms with Crippen LogP contribution in [-0.2, 0) is 10.0 Å². The number of hydrogen-bond donors (Lipinski definition) is 3. The summed E-state index contributed by atoms with van der Waals surface area (Å²) in [5.41, 5.74) is 5.54. The molecule has 0 aliphatic carbocycles. The smallest absolute Gasteiger partial charge is 0.243 e. The van der Waals surface area contributed by atoms with Crippen molar-refractivity contribution >= 4 is 16.0 Å². The van der Waals surface area contributed by atoms with Crippen LogP contribution in [0.3, 0.4) is 0 Å². The van der Waals surface area contributed by atoms with E-state index in [1.807, 2.05) is 13.8 Å². The number of aliphatic imine (C=N–C) groups is 1. The van der Waals surface area contributed by atoms with E-state index in [1.54, 1.807) is 0 Å². The van der Waals surface area contributed by atoms with Crippen LogP contribution in [0.25, 0.3) is 0 Å². The fraction of sp³-hybridized carbons (Fsp3) is 0.417. The molecule has 0 aromatic heterocycles. The molecule has 1 aromatic carbocycles. The Morgan fingerprint density at radius 1 is 1.38 bits per heavy atom. The standard InChI is InChI=1S/C12H18F2N4O2S/c1-8(2)18-12(15)16-5-6-17-21(19,20)11-4-3-9(13)7-10(11)14/h3-4,7-8,17H,5-6H2,1-2H3,(H3,15,16,18). The minimum Gasteiger partial charge on any atom is -0.370 e. The molecule has 0 radical (unpaired) electrons. The zero-order chi connectivity index (χ0) is 16.0. The Hall–Kier alpha value is -1.74. The molecule has 4 N–H and O–H groups in total. The third kappa shape index (κ3) is 5.64. The molecule has 0 saturated heterocycles. The predicted octanol–water partition coefficient (Wildman–Crippen LogP) is 0.556. The molecule has 0 unspecified atom stereocenters. The van der Waals surface area contributed by atoms with Gasteiger partial charge >= 0.3 is 0 Å². The van der Waals surface area contributed by atoms with Crippen LogP contribution < -0.4 is 15.8 Å². The fourth-order valence-electron chi connectivity index (χ4n) is 1.47. The normalized spacial score (nSPS) is 12.7. The van der Waals surface area contributed by atoms with E-state index in [0.717, 1.165) is 12.1 Å². The van der Waals surface area contributed by atoms with E-state index >= 15 is 0 Å². The summed E-state index contributed by atoms with van der Waals surface area (Å²) in [5, 5.41) is 2.84. The average Bonchev–Trinajstić information content (AvgIpc) is 2.33. The summed E-state index contributed by atoms with van der Waals surface area (Å²) in [4.78, 5) is 3.29. The molecular weight excluding hydrogens is 302 g/mol. The van der Waals surface area contributed by atoms with Gasteiger partial charge in [-0.1, -0.05) is 0 Å². The molecule has 0 aliphatic rings. The number of sulfonamides is 1. The van der Waals surface area contributed by atoms with Gasteiger partial charge in [0.1, 0.15) is 16.5 Å². The van der Waals surface area contributed by atoms with E-state index < -0.39 is 26.6 Å². The predicted molar refractivity (Wildman–Crippen MR) is 76.3 cm³/mol. The van der Waals surface area contributed by atoms with Gasteiger partial charge < -0.3 is 11.1 Å². The molecule has 0 amide bonds. The molecule has 0 heterocycles. The number of nitrogens with two attached hydrogens (primary N) is 1. The van der Waals surface area contributed by atoms with E-state index in [9.17, 15) is 17.2 Å². The monoisotopic (exact) mass is 320 g/mol. The Bertz CT molecular complexity index is 618. The summed E-state index contributed by atoms with van der Waals surface area (Å²) >= 11 is 0. The third-order valence-electron chi connectivity index (χ3n) is 2.31. The van der Waals surface area contributed by atoms with Gasteiger partial charge in [0.05, 0.1) is 6.54 Å². The summed E-state index contributed by atoms with van der Waals surface area (Å²) in [5.74, 6) is -1.80. The summed E-state index contributed by atoms with van der Waals surface area (Å²) in [6.07, 6.45) is 0. The number of guanidine groups is 1. The molecule has 0 saturated carbocycles. The van der Waals surface area contributed by atoms with Crippen molar-refractivity contribution in [3.05, 3.63) is 29.8 Å². The van der Waals surface area contributed by atoms with E-state index in [2.05, 4.69) is 15.0 Å². The van der Waals surface area contributed by atoms with E-state index in [1.165, 1.54) is 0 Å². The number of halogens is 2. The lowest BCUT2D eigenvalue weighted by molar-refractivity contribution is 0.543. The maximum atomic E-state index is 13.4. The summed E-state index contributed by atoms with van der Waals surface area (Å²) < 4.78 is 52.0. The maximum absolute atomic E-state index is 13.4. The summed E-state index contributed by atoms with van der Waals surface area (Å²) in [6.45, 7) is 3.79. The Labute approximate surface area is 122 Å². The van der Waals surface area contributed by atoms with Gasteiger partial charge in [0.15, 0.2) is 5.96 Å². The van der Waals surface area contributed by atoms with Gasteiger partial charge in [-0.05, 0) is 26.0 Å². The van der Waals surface area contributed by atoms with Gasteiger partial charge in [-0.2, -0.15) is 0 Å². The Balaban J connectivity index is 2.62. The quantitative estimate of drug-likeness (QED) is 0.405. The fourth-order valence-corrected chi connectivity index (χ4v) is 2.55. The first-order chi connectivity index (χ1) is 9.72. The van der Waals surface area contributed by atoms with Gasteiger partial charge in [0.2, 0.25) is 10.0 Å². The van der Waals surface area contributed by atoms with Crippen LogP contribution >= 0.6 is 0 Å². The van der Waals surface area contributed by atoms with Crippen molar-refractivity contribution in [3.8, 4) is 0 Å². The number of hydrogen-bond acceptors (Lipinski definition) is 3. The third-order valence-corrected chi connectivity index (χ3v) is 3.80. The van der Waals surface area contributed by atoms with Gasteiger partial charge in [-0.25, -0.2) is 21.9 Å². The van der Waals surface area contributed by atoms with Crippen LogP contribution in [0.2, 0.25) is 0 Å². The van der Waals surface area contributed by atoms with Crippen molar-refractivity contribution in [2.75, 3.05) is 13.1 Å². The second kappa shape index (κ2) is 7.32. The molecule has 9 heteroatoms. The number of nitrogens with one attached hydrogen (secondary N) is 2. The van der Waals surface area contributed by atoms with Crippen LogP contribution in [0.15, 0.2) is 28.1 Å². The van der Waals surface area contributed by atoms with Gasteiger partial charge in [-0.15, -0.1) is 0 Å². The average molecular weight is 320 g/mol. The van der Waals surface area contributed by atoms with Crippen molar-refractivity contribution in [3.63, 3.8) is 0 Å². The highest BCUT2D eigenvalue weighted by molar-refractivity contribution is 7.89. The lowest BCUT2D eigenvalue weighted by atomic mass is 10.3. The molecule has 0 atom stereocenters. The minimum absolute atomic E-state index is 0.0559. The molecule has 21 heavy (non-hydrogen) atoms. The Morgan fingerprint density at radius 3 is 2.62 bits per heavy atom. The second-order valence-electron chi connectivity index (χ2n) is 4.54. The lowest BCUT2D eigenvalue weighted by Crippen LogP contribution is -2.37. The molecule has 6 nitrogen and oxygen atoms in total. The van der Waals surface area contributed by atoms with Crippen LogP contribution in [-0.4, -0.2) is 33.5 Å². The molecule has 118 valence electrons. The highest BCUT2D eigenvalue weighted by Crippen LogP contribution is 2.14. The van der Waals surface area contributed by atoms with Crippen LogP contribution in [0.1, 0.15) is 13.8 Å². The van der Waals surface area contributed by atoms with Crippen LogP contribution in [0.5, 0.6) is 0 Å². The first kappa shape index (κ1) is 17.3. The highest BCUT2D eigenvalue weighted by atomic mass is 32.2. The summed E-state index contributed by atoms with van der Waals surface area (Å²) in [6, 6.07) is 2.36. The van der Waals surface area contributed by atoms with Crippen molar-refractivity contribution in [2.24, 2.45) is 10.7 Å². The number of rotatable bonds is 6. The van der Waals surface area contributed by atoms with Crippen LogP contribution in [0.4, 0.5) is 8.78 Å². The van der Waals surface area contributed by atoms with Gasteiger partial charge in [-0.3, -0.25) is 4.99 Å².